The van der Waals surface area contributed by atoms with Gasteiger partial charge < -0.3 is 9.47 Å². The monoisotopic (exact) mass is 854 g/mol. The van der Waals surface area contributed by atoms with Crippen LogP contribution < -0.4 is 4.90 Å². The van der Waals surface area contributed by atoms with Crippen LogP contribution in [0.2, 0.25) is 0 Å². The Balaban J connectivity index is 0.935. The summed E-state index contributed by atoms with van der Waals surface area (Å²) in [5.74, 6) is 0. The van der Waals surface area contributed by atoms with Gasteiger partial charge in [-0.1, -0.05) is 196 Å². The molecule has 0 saturated heterocycles. The Kier molecular flexibility index (Phi) is 8.91. The number of nitrogens with zero attached hydrogens (tertiary/aromatic N) is 2. The minimum Gasteiger partial charge on any atom is -0.310 e. The van der Waals surface area contributed by atoms with Gasteiger partial charge in [-0.3, -0.25) is 0 Å². The van der Waals surface area contributed by atoms with Crippen molar-refractivity contribution in [2.45, 2.75) is 19.3 Å². The van der Waals surface area contributed by atoms with Crippen LogP contribution in [0.3, 0.4) is 0 Å². The zero-order valence-corrected chi connectivity index (χ0v) is 37.5. The molecule has 0 bridgehead atoms. The van der Waals surface area contributed by atoms with Crippen LogP contribution in [0, 0.1) is 0 Å². The third-order valence-corrected chi connectivity index (χ3v) is 14.4. The van der Waals surface area contributed by atoms with E-state index in [9.17, 15) is 0 Å². The lowest BCUT2D eigenvalue weighted by Crippen LogP contribution is -2.16. The van der Waals surface area contributed by atoms with Crippen molar-refractivity contribution in [1.29, 1.82) is 0 Å². The van der Waals surface area contributed by atoms with Crippen molar-refractivity contribution in [3.63, 3.8) is 0 Å². The Labute approximate surface area is 391 Å². The van der Waals surface area contributed by atoms with E-state index in [-0.39, 0.29) is 5.41 Å². The smallest absolute Gasteiger partial charge is 0.0547 e. The summed E-state index contributed by atoms with van der Waals surface area (Å²) in [7, 11) is 0. The lowest BCUT2D eigenvalue weighted by atomic mass is 9.79. The molecule has 1 aromatic heterocycles. The summed E-state index contributed by atoms with van der Waals surface area (Å²) < 4.78 is 2.40. The normalized spacial score (nSPS) is 12.7. The summed E-state index contributed by atoms with van der Waals surface area (Å²) in [4.78, 5) is 2.41. The van der Waals surface area contributed by atoms with Crippen LogP contribution in [0.5, 0.6) is 0 Å². The number of benzene rings is 11. The first-order valence-electron chi connectivity index (χ1n) is 23.3. The first kappa shape index (κ1) is 39.0. The molecule has 67 heavy (non-hydrogen) atoms. The highest BCUT2D eigenvalue weighted by Crippen LogP contribution is 2.52. The average molecular weight is 855 g/mol. The molecule has 0 saturated carbocycles. The molecule has 2 nitrogen and oxygen atoms in total. The standard InChI is InChI=1S/C65H46N2/c1-65(2)61-27-10-8-21-57(61)60-26-14-24-54(64(60)65)45-31-37-50(38-32-45)66(49-35-29-44(30-36-49)53-23-13-25-55-52-20-7-6-15-43(52)33-39-56(53)55)51-19-12-16-46(41-51)47-34-40-59-58-22-9-11-28-62(58)67(63(59)42-47)48-17-4-3-5-18-48/h3-42H,1-2H3. The number of para-hydroxylation sites is 2. The second-order valence-electron chi connectivity index (χ2n) is 18.5. The van der Waals surface area contributed by atoms with Crippen LogP contribution in [0.4, 0.5) is 17.1 Å². The predicted octanol–water partition coefficient (Wildman–Crippen LogP) is 17.9. The van der Waals surface area contributed by atoms with Gasteiger partial charge in [0, 0.05) is 38.9 Å². The third-order valence-electron chi connectivity index (χ3n) is 14.4. The molecule has 1 aliphatic carbocycles. The number of aromatic nitrogens is 1. The molecule has 2 heteroatoms. The predicted molar refractivity (Wildman–Crippen MR) is 284 cm³/mol. The molecule has 0 fully saturated rings. The van der Waals surface area contributed by atoms with Crippen LogP contribution in [0.1, 0.15) is 25.0 Å². The number of anilines is 3. The van der Waals surface area contributed by atoms with Crippen LogP contribution >= 0.6 is 0 Å². The van der Waals surface area contributed by atoms with Gasteiger partial charge >= 0.3 is 0 Å². The van der Waals surface area contributed by atoms with E-state index in [4.69, 9.17) is 0 Å². The quantitative estimate of drug-likeness (QED) is 0.145. The highest BCUT2D eigenvalue weighted by Gasteiger charge is 2.37. The van der Waals surface area contributed by atoms with Gasteiger partial charge in [-0.15, -0.1) is 0 Å². The van der Waals surface area contributed by atoms with E-state index in [1.165, 1.54) is 93.4 Å². The van der Waals surface area contributed by atoms with E-state index in [1.807, 2.05) is 0 Å². The van der Waals surface area contributed by atoms with Crippen molar-refractivity contribution in [2.24, 2.45) is 0 Å². The molecule has 11 aromatic carbocycles. The summed E-state index contributed by atoms with van der Waals surface area (Å²) in [5, 5.41) is 7.58. The molecule has 0 aliphatic heterocycles. The molecule has 0 spiro atoms. The van der Waals surface area contributed by atoms with Crippen LogP contribution in [-0.4, -0.2) is 4.57 Å². The van der Waals surface area contributed by atoms with Crippen molar-refractivity contribution >= 4 is 60.4 Å². The molecule has 13 rings (SSSR count). The Morgan fingerprint density at radius 2 is 0.896 bits per heavy atom. The molecule has 1 heterocycles. The van der Waals surface area contributed by atoms with E-state index in [2.05, 4.69) is 266 Å². The van der Waals surface area contributed by atoms with E-state index >= 15 is 0 Å². The fraction of sp³-hybridized carbons (Fsp3) is 0.0462. The van der Waals surface area contributed by atoms with E-state index in [0.29, 0.717) is 0 Å². The zero-order chi connectivity index (χ0) is 44.6. The van der Waals surface area contributed by atoms with Crippen molar-refractivity contribution in [3.05, 3.63) is 254 Å². The molecule has 0 amide bonds. The topological polar surface area (TPSA) is 8.17 Å². The fourth-order valence-corrected chi connectivity index (χ4v) is 11.2. The Bertz CT molecular complexity index is 3870. The maximum Gasteiger partial charge on any atom is 0.0547 e. The molecule has 0 radical (unpaired) electrons. The van der Waals surface area contributed by atoms with Gasteiger partial charge in [0.1, 0.15) is 0 Å². The summed E-state index contributed by atoms with van der Waals surface area (Å²) >= 11 is 0. The maximum atomic E-state index is 2.41. The minimum absolute atomic E-state index is 0.106. The fourth-order valence-electron chi connectivity index (χ4n) is 11.2. The highest BCUT2D eigenvalue weighted by molar-refractivity contribution is 6.12. The Morgan fingerprint density at radius 1 is 0.328 bits per heavy atom. The summed E-state index contributed by atoms with van der Waals surface area (Å²) in [6.07, 6.45) is 0. The van der Waals surface area contributed by atoms with Gasteiger partial charge in [0.2, 0.25) is 0 Å². The van der Waals surface area contributed by atoms with Crippen molar-refractivity contribution in [2.75, 3.05) is 4.90 Å². The van der Waals surface area contributed by atoms with Gasteiger partial charge in [-0.2, -0.15) is 0 Å². The lowest BCUT2D eigenvalue weighted by molar-refractivity contribution is 0.662. The lowest BCUT2D eigenvalue weighted by Gasteiger charge is -2.27. The molecule has 12 aromatic rings. The number of rotatable bonds is 7. The van der Waals surface area contributed by atoms with E-state index in [1.54, 1.807) is 0 Å². The maximum absolute atomic E-state index is 2.41. The minimum atomic E-state index is -0.106. The first-order valence-corrected chi connectivity index (χ1v) is 23.3. The zero-order valence-electron chi connectivity index (χ0n) is 37.5. The second kappa shape index (κ2) is 15.3. The van der Waals surface area contributed by atoms with Gasteiger partial charge in [0.25, 0.3) is 0 Å². The molecule has 316 valence electrons. The van der Waals surface area contributed by atoms with Crippen LogP contribution in [0.15, 0.2) is 243 Å². The summed E-state index contributed by atoms with van der Waals surface area (Å²) in [6, 6.07) is 89.3. The molecule has 1 aliphatic rings. The van der Waals surface area contributed by atoms with Crippen molar-refractivity contribution in [1.82, 2.24) is 4.57 Å². The van der Waals surface area contributed by atoms with E-state index < -0.39 is 0 Å². The summed E-state index contributed by atoms with van der Waals surface area (Å²) in [5.41, 5.74) is 19.5. The van der Waals surface area contributed by atoms with Gasteiger partial charge in [-0.25, -0.2) is 0 Å². The molecule has 0 unspecified atom stereocenters. The SMILES string of the molecule is CC1(C)c2ccccc2-c2cccc(-c3ccc(N(c4ccc(-c5cccc6c5ccc5ccccc56)cc4)c4cccc(-c5ccc6c7ccccc7n(-c7ccccc7)c6c5)c4)cc3)c21. The Hall–Kier alpha value is -8.46. The van der Waals surface area contributed by atoms with Crippen molar-refractivity contribution in [3.8, 4) is 50.2 Å². The average Bonchev–Trinajstić information content (AvgIpc) is 3.85. The van der Waals surface area contributed by atoms with Crippen LogP contribution in [0.25, 0.3) is 93.5 Å². The number of fused-ring (bicyclic) bond motifs is 9. The van der Waals surface area contributed by atoms with Crippen molar-refractivity contribution < 1.29 is 0 Å². The summed E-state index contributed by atoms with van der Waals surface area (Å²) in [6.45, 7) is 4.74. The molecule has 0 N–H and O–H groups in total. The second-order valence-corrected chi connectivity index (χ2v) is 18.5. The van der Waals surface area contributed by atoms with Gasteiger partial charge in [0.05, 0.1) is 11.0 Å². The molecule has 0 atom stereocenters. The van der Waals surface area contributed by atoms with Crippen LogP contribution in [-0.2, 0) is 5.41 Å². The highest BCUT2D eigenvalue weighted by atomic mass is 15.1. The van der Waals surface area contributed by atoms with Gasteiger partial charge in [-0.05, 0) is 138 Å². The largest absolute Gasteiger partial charge is 0.310 e. The Morgan fingerprint density at radius 3 is 1.72 bits per heavy atom. The number of hydrogen-bond acceptors (Lipinski definition) is 1. The number of hydrogen-bond donors (Lipinski definition) is 0. The van der Waals surface area contributed by atoms with Gasteiger partial charge in [0.15, 0.2) is 0 Å². The molecular formula is C65H46N2. The third kappa shape index (κ3) is 6.25. The molecular weight excluding hydrogens is 809 g/mol. The van der Waals surface area contributed by atoms with E-state index in [0.717, 1.165) is 28.3 Å². The first-order chi connectivity index (χ1) is 33.0.